The van der Waals surface area contributed by atoms with E-state index >= 15 is 0 Å². The second-order valence-corrected chi connectivity index (χ2v) is 20.9. The number of nitrogens with one attached hydrogen (secondary N) is 1. The summed E-state index contributed by atoms with van der Waals surface area (Å²) in [6, 6.07) is 0. The zero-order valence-electron chi connectivity index (χ0n) is 4.66. The van der Waals surface area contributed by atoms with Crippen LogP contribution < -0.4 is 0 Å². The van der Waals surface area contributed by atoms with Crippen molar-refractivity contribution in [2.24, 2.45) is 0 Å². The van der Waals surface area contributed by atoms with E-state index in [1.165, 1.54) is 0 Å². The number of hydrogen-bond acceptors (Lipinski definition) is 1. The van der Waals surface area contributed by atoms with Crippen LogP contribution in [0.3, 0.4) is 0 Å². The Morgan fingerprint density at radius 2 is 1.25 bits per heavy atom. The van der Waals surface area contributed by atoms with Gasteiger partial charge in [0.25, 0.3) is 0 Å². The first-order chi connectivity index (χ1) is 3.41. The summed E-state index contributed by atoms with van der Waals surface area (Å²) in [7, 11) is 14.8. The molecule has 0 aromatic heterocycles. The van der Waals surface area contributed by atoms with E-state index in [1.54, 1.807) is 0 Å². The predicted octanol–water partition coefficient (Wildman–Crippen LogP) is 3.59. The normalized spacial score (nSPS) is 9.62. The van der Waals surface area contributed by atoms with E-state index in [0.29, 0.717) is 0 Å². The van der Waals surface area contributed by atoms with Crippen molar-refractivity contribution in [3.8, 4) is 0 Å². The summed E-state index contributed by atoms with van der Waals surface area (Å²) in [4.78, 5) is 0. The predicted molar refractivity (Wildman–Crippen MR) is 35.9 cm³/mol. The van der Waals surface area contributed by atoms with E-state index in [-0.39, 0.29) is 0 Å². The molecule has 0 aliphatic carbocycles. The topological polar surface area (TPSA) is 23.9 Å². The third-order valence-corrected chi connectivity index (χ3v) is 0. The zero-order valence-corrected chi connectivity index (χ0v) is 10.1. The molecule has 0 amide bonds. The average Bonchev–Trinajstić information content (AvgIpc) is 1.27. The van der Waals surface area contributed by atoms with E-state index in [1.807, 2.05) is 20.3 Å². The van der Waals surface area contributed by atoms with Crippen LogP contribution in [0.15, 0.2) is 0 Å². The van der Waals surface area contributed by atoms with Gasteiger partial charge in [0.2, 0.25) is 0 Å². The van der Waals surface area contributed by atoms with Crippen molar-refractivity contribution in [1.82, 2.24) is 0 Å². The van der Waals surface area contributed by atoms with E-state index < -0.39 is 13.7 Å². The van der Waals surface area contributed by atoms with Gasteiger partial charge in [-0.05, 0) is 0 Å². The summed E-state index contributed by atoms with van der Waals surface area (Å²) >= 11 is -3.56. The first-order valence-electron chi connectivity index (χ1n) is 1.89. The van der Waals surface area contributed by atoms with Gasteiger partial charge in [-0.25, -0.2) is 0 Å². The molecule has 0 fully saturated rings. The molecule has 0 spiro atoms. The van der Waals surface area contributed by atoms with Crippen molar-refractivity contribution in [3.05, 3.63) is 6.42 Å². The van der Waals surface area contributed by atoms with Gasteiger partial charge in [0.05, 0.1) is 0 Å². The summed E-state index contributed by atoms with van der Waals surface area (Å²) in [6.07, 6.45) is 2.00. The molecule has 5 heteroatoms. The molecule has 0 saturated carbocycles. The van der Waals surface area contributed by atoms with Gasteiger partial charge in [0, 0.05) is 0 Å². The maximum atomic E-state index is 6.45. The van der Waals surface area contributed by atoms with Gasteiger partial charge < -0.3 is 6.42 Å². The Morgan fingerprint density at radius 3 is 1.25 bits per heavy atom. The Balaban J connectivity index is 0. The molecule has 0 rings (SSSR count). The standard InChI is InChI=1S/C3H7.3ClH.HN.Ta/c1-3-2;;;;;/h3H,1-2H3;4*1H;/q-1;;;;;+3/p-3. The van der Waals surface area contributed by atoms with Crippen LogP contribution >= 0.6 is 27.6 Å². The van der Waals surface area contributed by atoms with Crippen molar-refractivity contribution in [2.75, 3.05) is 0 Å². The minimum atomic E-state index is -3.56. The number of hydrogen-bond donors (Lipinski definition) is 1. The van der Waals surface area contributed by atoms with Gasteiger partial charge in [-0.1, -0.05) is 0 Å². The molecule has 0 aliphatic heterocycles. The average molecular weight is 345 g/mol. The summed E-state index contributed by atoms with van der Waals surface area (Å²) in [5, 5.41) is 0. The molecule has 1 N–H and O–H groups in total. The fourth-order valence-electron chi connectivity index (χ4n) is 0. The van der Waals surface area contributed by atoms with Gasteiger partial charge in [-0.3, -0.25) is 0 Å². The molecule has 0 unspecified atom stereocenters. The fourth-order valence-corrected chi connectivity index (χ4v) is 0. The minimum absolute atomic E-state index is 2.00. The van der Waals surface area contributed by atoms with Gasteiger partial charge in [-0.15, -0.1) is 0 Å². The molecule has 1 nitrogen and oxygen atoms in total. The third kappa shape index (κ3) is 153. The van der Waals surface area contributed by atoms with E-state index in [0.717, 1.165) is 0 Å². The molecular weight excluding hydrogens is 337 g/mol. The number of rotatable bonds is 0. The Hall–Kier alpha value is 1.41. The molecule has 0 bridgehead atoms. The van der Waals surface area contributed by atoms with Crippen LogP contribution in [-0.4, -0.2) is 0 Å². The molecular formula is C3H8Cl3NTa-. The maximum absolute atomic E-state index is 6.45. The van der Waals surface area contributed by atoms with Crippen LogP contribution in [0.25, 0.3) is 0 Å². The fraction of sp³-hybridized carbons (Fsp3) is 0.667. The van der Waals surface area contributed by atoms with Crippen molar-refractivity contribution in [3.63, 3.8) is 0 Å². The summed E-state index contributed by atoms with van der Waals surface area (Å²) in [5.41, 5.74) is 0. The van der Waals surface area contributed by atoms with E-state index in [9.17, 15) is 0 Å². The summed E-state index contributed by atoms with van der Waals surface area (Å²) in [6.45, 7) is 4.00. The second kappa shape index (κ2) is 6.53. The molecule has 0 aromatic carbocycles. The van der Waals surface area contributed by atoms with E-state index in [4.69, 9.17) is 31.3 Å². The first-order valence-corrected chi connectivity index (χ1v) is 15.4. The monoisotopic (exact) mass is 344 g/mol. The van der Waals surface area contributed by atoms with Crippen molar-refractivity contribution < 1.29 is 13.7 Å². The van der Waals surface area contributed by atoms with Crippen LogP contribution in [0.5, 0.6) is 0 Å². The molecule has 8 heavy (non-hydrogen) atoms. The molecule has 52 valence electrons. The van der Waals surface area contributed by atoms with Gasteiger partial charge in [0.15, 0.2) is 0 Å². The van der Waals surface area contributed by atoms with Crippen LogP contribution in [0, 0.1) is 10.2 Å². The molecule has 0 aromatic rings. The van der Waals surface area contributed by atoms with Crippen molar-refractivity contribution in [1.29, 1.82) is 3.76 Å². The Labute approximate surface area is 65.0 Å². The Kier molecular flexibility index (Phi) is 9.89. The molecule has 0 aliphatic rings. The zero-order chi connectivity index (χ0) is 7.21. The third-order valence-electron chi connectivity index (χ3n) is 0. The van der Waals surface area contributed by atoms with Crippen molar-refractivity contribution in [2.45, 2.75) is 13.8 Å². The van der Waals surface area contributed by atoms with Crippen molar-refractivity contribution >= 4 is 27.6 Å². The number of halogens is 3. The molecule has 0 atom stereocenters. The van der Waals surface area contributed by atoms with E-state index in [2.05, 4.69) is 0 Å². The second-order valence-electron chi connectivity index (χ2n) is 1.02. The Bertz CT molecular complexity index is 70.3. The summed E-state index contributed by atoms with van der Waals surface area (Å²) < 4.78 is 6.45. The Morgan fingerprint density at radius 1 is 1.25 bits per heavy atom. The van der Waals surface area contributed by atoms with Crippen LogP contribution in [-0.2, 0) is 13.7 Å². The first kappa shape index (κ1) is 12.1. The van der Waals surface area contributed by atoms with Gasteiger partial charge in [0.1, 0.15) is 0 Å². The SMILES string of the molecule is C[CH-]C.[NH]=[Ta]([Cl])([Cl])[Cl]. The van der Waals surface area contributed by atoms with Crippen LogP contribution in [0.4, 0.5) is 0 Å². The summed E-state index contributed by atoms with van der Waals surface area (Å²) in [5.74, 6) is 0. The van der Waals surface area contributed by atoms with Gasteiger partial charge >= 0.3 is 45.0 Å². The molecule has 0 saturated heterocycles. The molecule has 0 heterocycles. The van der Waals surface area contributed by atoms with Gasteiger partial charge in [-0.2, -0.15) is 13.8 Å². The van der Waals surface area contributed by atoms with Crippen LogP contribution in [0.2, 0.25) is 0 Å². The molecule has 0 radical (unpaired) electrons. The quantitative estimate of drug-likeness (QED) is 0.649. The van der Waals surface area contributed by atoms with Crippen LogP contribution in [0.1, 0.15) is 13.8 Å².